The van der Waals surface area contributed by atoms with Gasteiger partial charge in [-0.3, -0.25) is 0 Å². The van der Waals surface area contributed by atoms with Gasteiger partial charge in [0, 0.05) is 36.5 Å². The molecular weight excluding hydrogens is 286 g/mol. The van der Waals surface area contributed by atoms with Crippen molar-refractivity contribution in [1.29, 1.82) is 0 Å². The van der Waals surface area contributed by atoms with E-state index in [1.54, 1.807) is 6.07 Å². The van der Waals surface area contributed by atoms with Crippen molar-refractivity contribution in [2.75, 3.05) is 5.73 Å². The minimum absolute atomic E-state index is 0.579. The molecule has 7 heteroatoms. The molecule has 0 spiro atoms. The Morgan fingerprint density at radius 3 is 3.10 bits per heavy atom. The highest BCUT2D eigenvalue weighted by Crippen LogP contribution is 2.31. The molecule has 2 N–H and O–H groups in total. The lowest BCUT2D eigenvalue weighted by atomic mass is 10.2. The van der Waals surface area contributed by atoms with Gasteiger partial charge in [0.2, 0.25) is 5.16 Å². The van der Waals surface area contributed by atoms with Crippen LogP contribution in [0.1, 0.15) is 25.1 Å². The Bertz CT molecular complexity index is 794. The Labute approximate surface area is 125 Å². The second-order valence-corrected chi connectivity index (χ2v) is 6.09. The third kappa shape index (κ3) is 2.37. The fourth-order valence-corrected chi connectivity index (χ4v) is 3.40. The summed E-state index contributed by atoms with van der Waals surface area (Å²) >= 11 is 1.42. The van der Waals surface area contributed by atoms with E-state index >= 15 is 0 Å². The number of anilines is 1. The quantitative estimate of drug-likeness (QED) is 0.733. The maximum Gasteiger partial charge on any atom is 0.264 e. The zero-order valence-corrected chi connectivity index (χ0v) is 12.3. The molecule has 0 fully saturated rings. The first-order chi connectivity index (χ1) is 10.3. The molecule has 2 aromatic heterocycles. The van der Waals surface area contributed by atoms with Gasteiger partial charge in [0.25, 0.3) is 5.22 Å². The minimum Gasteiger partial charge on any atom is -0.431 e. The number of nitrogen functional groups attached to an aromatic ring is 1. The van der Waals surface area contributed by atoms with Crippen LogP contribution in [0.5, 0.6) is 0 Å². The Balaban J connectivity index is 1.67. The molecule has 21 heavy (non-hydrogen) atoms. The van der Waals surface area contributed by atoms with Crippen LogP contribution in [0.3, 0.4) is 0 Å². The first kappa shape index (κ1) is 12.7. The van der Waals surface area contributed by atoms with Crippen LogP contribution >= 0.6 is 11.8 Å². The molecule has 0 atom stereocenters. The summed E-state index contributed by atoms with van der Waals surface area (Å²) in [6, 6.07) is 5.47. The molecule has 3 heterocycles. The summed E-state index contributed by atoms with van der Waals surface area (Å²) in [6.45, 7) is 0.970. The summed E-state index contributed by atoms with van der Waals surface area (Å²) in [7, 11) is 0. The van der Waals surface area contributed by atoms with Gasteiger partial charge in [-0.25, -0.2) is 4.98 Å². The van der Waals surface area contributed by atoms with Crippen molar-refractivity contribution < 1.29 is 4.42 Å². The number of benzene rings is 1. The molecule has 0 unspecified atom stereocenters. The molecule has 1 aliphatic rings. The molecule has 1 aliphatic heterocycles. The van der Waals surface area contributed by atoms with Crippen LogP contribution in [0.2, 0.25) is 0 Å². The lowest BCUT2D eigenvalue weighted by Gasteiger charge is -2.03. The van der Waals surface area contributed by atoms with Crippen molar-refractivity contribution in [2.45, 2.75) is 42.6 Å². The van der Waals surface area contributed by atoms with E-state index in [1.165, 1.54) is 31.0 Å². The summed E-state index contributed by atoms with van der Waals surface area (Å²) in [4.78, 5) is 4.46. The van der Waals surface area contributed by atoms with Crippen molar-refractivity contribution >= 4 is 28.5 Å². The highest BCUT2D eigenvalue weighted by Gasteiger charge is 2.18. The first-order valence-electron chi connectivity index (χ1n) is 7.05. The third-order valence-electron chi connectivity index (χ3n) is 3.65. The maximum atomic E-state index is 5.76. The van der Waals surface area contributed by atoms with E-state index in [2.05, 4.69) is 19.7 Å². The van der Waals surface area contributed by atoms with E-state index in [-0.39, 0.29) is 0 Å². The second-order valence-electron chi connectivity index (χ2n) is 5.17. The average Bonchev–Trinajstić information content (AvgIpc) is 2.95. The number of hydrogen-bond donors (Lipinski definition) is 1. The van der Waals surface area contributed by atoms with Gasteiger partial charge in [0.05, 0.1) is 0 Å². The van der Waals surface area contributed by atoms with Crippen LogP contribution in [0.25, 0.3) is 11.1 Å². The highest BCUT2D eigenvalue weighted by atomic mass is 32.2. The van der Waals surface area contributed by atoms with Crippen LogP contribution in [0.15, 0.2) is 33.0 Å². The van der Waals surface area contributed by atoms with Gasteiger partial charge in [-0.15, -0.1) is 10.2 Å². The third-order valence-corrected chi connectivity index (χ3v) is 4.48. The summed E-state index contributed by atoms with van der Waals surface area (Å²) < 4.78 is 7.92. The zero-order chi connectivity index (χ0) is 14.2. The monoisotopic (exact) mass is 301 g/mol. The highest BCUT2D eigenvalue weighted by molar-refractivity contribution is 7.99. The van der Waals surface area contributed by atoms with Crippen LogP contribution in [-0.2, 0) is 13.0 Å². The van der Waals surface area contributed by atoms with Crippen molar-refractivity contribution in [3.8, 4) is 0 Å². The molecular formula is C14H15N5OS. The Hall–Kier alpha value is -2.02. The van der Waals surface area contributed by atoms with Gasteiger partial charge < -0.3 is 14.7 Å². The van der Waals surface area contributed by atoms with Crippen molar-refractivity contribution in [3.63, 3.8) is 0 Å². The van der Waals surface area contributed by atoms with Crippen LogP contribution in [0.4, 0.5) is 5.69 Å². The number of nitrogens with zero attached hydrogens (tertiary/aromatic N) is 4. The number of fused-ring (bicyclic) bond motifs is 2. The molecule has 108 valence electrons. The lowest BCUT2D eigenvalue weighted by molar-refractivity contribution is 0.487. The molecule has 1 aromatic carbocycles. The Morgan fingerprint density at radius 2 is 2.14 bits per heavy atom. The second kappa shape index (κ2) is 5.07. The van der Waals surface area contributed by atoms with Gasteiger partial charge in [0.1, 0.15) is 11.3 Å². The number of hydrogen-bond acceptors (Lipinski definition) is 6. The van der Waals surface area contributed by atoms with E-state index in [4.69, 9.17) is 10.2 Å². The Kier molecular flexibility index (Phi) is 3.07. The van der Waals surface area contributed by atoms with Crippen LogP contribution in [-0.4, -0.2) is 19.7 Å². The summed E-state index contributed by atoms with van der Waals surface area (Å²) in [5.74, 6) is 1.07. The predicted octanol–water partition coefficient (Wildman–Crippen LogP) is 2.88. The van der Waals surface area contributed by atoms with Crippen molar-refractivity contribution in [3.05, 3.63) is 24.0 Å². The molecule has 0 aliphatic carbocycles. The molecule has 0 saturated heterocycles. The van der Waals surface area contributed by atoms with E-state index in [0.29, 0.717) is 16.5 Å². The van der Waals surface area contributed by atoms with E-state index in [9.17, 15) is 0 Å². The van der Waals surface area contributed by atoms with Gasteiger partial charge in [-0.1, -0.05) is 6.42 Å². The molecule has 4 rings (SSSR count). The number of aromatic nitrogens is 4. The summed E-state index contributed by atoms with van der Waals surface area (Å²) in [5.41, 5.74) is 7.94. The van der Waals surface area contributed by atoms with Crippen molar-refractivity contribution in [1.82, 2.24) is 19.7 Å². The summed E-state index contributed by atoms with van der Waals surface area (Å²) in [6.07, 6.45) is 4.60. The molecule has 0 saturated carbocycles. The van der Waals surface area contributed by atoms with Crippen molar-refractivity contribution in [2.24, 2.45) is 0 Å². The standard InChI is InChI=1S/C14H15N5OS/c15-9-5-6-10-11(8-9)20-14(16-10)21-13-18-17-12-4-2-1-3-7-19(12)13/h5-6,8H,1-4,7,15H2. The molecule has 3 aromatic rings. The smallest absolute Gasteiger partial charge is 0.264 e. The molecule has 0 amide bonds. The SMILES string of the molecule is Nc1ccc2nc(Sc3nnc4n3CCCCC4)oc2c1. The number of nitrogens with two attached hydrogens (primary N) is 1. The predicted molar refractivity (Wildman–Crippen MR) is 80.1 cm³/mol. The normalized spacial score (nSPS) is 15.0. The van der Waals surface area contributed by atoms with Gasteiger partial charge >= 0.3 is 0 Å². The van der Waals surface area contributed by atoms with Crippen LogP contribution in [0, 0.1) is 0 Å². The fraction of sp³-hybridized carbons (Fsp3) is 0.357. The molecule has 6 nitrogen and oxygen atoms in total. The molecule has 0 bridgehead atoms. The largest absolute Gasteiger partial charge is 0.431 e. The van der Waals surface area contributed by atoms with Gasteiger partial charge in [-0.2, -0.15) is 0 Å². The van der Waals surface area contributed by atoms with E-state index in [1.807, 2.05) is 12.1 Å². The van der Waals surface area contributed by atoms with Gasteiger partial charge in [-0.05, 0) is 25.0 Å². The minimum atomic E-state index is 0.579. The first-order valence-corrected chi connectivity index (χ1v) is 7.87. The summed E-state index contributed by atoms with van der Waals surface area (Å²) in [5, 5.41) is 9.99. The maximum absolute atomic E-state index is 5.76. The fourth-order valence-electron chi connectivity index (χ4n) is 2.58. The van der Waals surface area contributed by atoms with Crippen LogP contribution < -0.4 is 5.73 Å². The lowest BCUT2D eigenvalue weighted by Crippen LogP contribution is -2.02. The number of oxazole rings is 1. The topological polar surface area (TPSA) is 82.8 Å². The Morgan fingerprint density at radius 1 is 1.19 bits per heavy atom. The van der Waals surface area contributed by atoms with Gasteiger partial charge in [0.15, 0.2) is 5.58 Å². The number of rotatable bonds is 2. The average molecular weight is 301 g/mol. The number of aryl methyl sites for hydroxylation is 1. The van der Waals surface area contributed by atoms with E-state index < -0.39 is 0 Å². The zero-order valence-electron chi connectivity index (χ0n) is 11.5. The van der Waals surface area contributed by atoms with E-state index in [0.717, 1.165) is 29.5 Å². The molecule has 0 radical (unpaired) electrons.